The van der Waals surface area contributed by atoms with Crippen molar-refractivity contribution in [1.29, 1.82) is 0 Å². The van der Waals surface area contributed by atoms with Crippen molar-refractivity contribution in [3.05, 3.63) is 34.3 Å². The van der Waals surface area contributed by atoms with E-state index in [-0.39, 0.29) is 6.61 Å². The number of rotatable bonds is 3. The van der Waals surface area contributed by atoms with Gasteiger partial charge in [-0.25, -0.2) is 0 Å². The predicted octanol–water partition coefficient (Wildman–Crippen LogP) is 3.33. The number of hydrogen-bond donors (Lipinski definition) is 1. The summed E-state index contributed by atoms with van der Waals surface area (Å²) in [7, 11) is 0. The van der Waals surface area contributed by atoms with E-state index in [0.717, 1.165) is 4.47 Å². The Bertz CT molecular complexity index is 307. The average molecular weight is 255 g/mol. The fraction of sp³-hybridized carbons (Fsp3) is 0.500. The van der Waals surface area contributed by atoms with E-state index < -0.39 is 0 Å². The Morgan fingerprint density at radius 2 is 2.21 bits per heavy atom. The van der Waals surface area contributed by atoms with Gasteiger partial charge in [0.25, 0.3) is 0 Å². The fourth-order valence-electron chi connectivity index (χ4n) is 2.11. The highest BCUT2D eigenvalue weighted by atomic mass is 79.9. The average Bonchev–Trinajstić information content (AvgIpc) is 2.10. The largest absolute Gasteiger partial charge is 0.396 e. The Balaban J connectivity index is 2.17. The fourth-order valence-corrected chi connectivity index (χ4v) is 2.52. The van der Waals surface area contributed by atoms with Gasteiger partial charge in [-0.1, -0.05) is 34.5 Å². The van der Waals surface area contributed by atoms with Crippen molar-refractivity contribution in [2.45, 2.75) is 25.2 Å². The SMILES string of the molecule is OCC(c1cccc(Br)c1)C1CCC1. The van der Waals surface area contributed by atoms with Crippen LogP contribution >= 0.6 is 15.9 Å². The molecule has 0 heterocycles. The molecule has 0 saturated heterocycles. The maximum absolute atomic E-state index is 9.39. The summed E-state index contributed by atoms with van der Waals surface area (Å²) >= 11 is 3.47. The van der Waals surface area contributed by atoms with E-state index in [0.29, 0.717) is 11.8 Å². The highest BCUT2D eigenvalue weighted by Gasteiger charge is 2.27. The Morgan fingerprint density at radius 3 is 2.71 bits per heavy atom. The number of hydrogen-bond acceptors (Lipinski definition) is 1. The second-order valence-corrected chi connectivity index (χ2v) is 4.95. The minimum atomic E-state index is 0.279. The Morgan fingerprint density at radius 1 is 1.43 bits per heavy atom. The molecule has 1 atom stereocenters. The van der Waals surface area contributed by atoms with Crippen LogP contribution in [0.4, 0.5) is 0 Å². The minimum absolute atomic E-state index is 0.279. The summed E-state index contributed by atoms with van der Waals surface area (Å²) in [5.41, 5.74) is 1.27. The maximum atomic E-state index is 9.39. The molecular weight excluding hydrogens is 240 g/mol. The third-order valence-electron chi connectivity index (χ3n) is 3.19. The van der Waals surface area contributed by atoms with Gasteiger partial charge < -0.3 is 5.11 Å². The van der Waals surface area contributed by atoms with Crippen LogP contribution in [0.15, 0.2) is 28.7 Å². The molecule has 14 heavy (non-hydrogen) atoms. The van der Waals surface area contributed by atoms with Gasteiger partial charge in [-0.05, 0) is 36.5 Å². The summed E-state index contributed by atoms with van der Waals surface area (Å²) in [6.07, 6.45) is 3.88. The minimum Gasteiger partial charge on any atom is -0.396 e. The first kappa shape index (κ1) is 10.2. The van der Waals surface area contributed by atoms with E-state index in [1.165, 1.54) is 24.8 Å². The number of aliphatic hydroxyl groups is 1. The van der Waals surface area contributed by atoms with E-state index in [1.807, 2.05) is 12.1 Å². The van der Waals surface area contributed by atoms with Crippen LogP contribution in [-0.2, 0) is 0 Å². The smallest absolute Gasteiger partial charge is 0.0502 e. The molecule has 2 rings (SSSR count). The summed E-state index contributed by atoms with van der Waals surface area (Å²) in [5, 5.41) is 9.39. The highest BCUT2D eigenvalue weighted by molar-refractivity contribution is 9.10. The molecule has 1 aliphatic carbocycles. The first-order valence-electron chi connectivity index (χ1n) is 5.17. The van der Waals surface area contributed by atoms with Gasteiger partial charge >= 0.3 is 0 Å². The molecular formula is C12H15BrO. The molecule has 0 bridgehead atoms. The Hall–Kier alpha value is -0.340. The molecule has 1 saturated carbocycles. The van der Waals surface area contributed by atoms with Gasteiger partial charge in [0.1, 0.15) is 0 Å². The van der Waals surface area contributed by atoms with Gasteiger partial charge in [-0.3, -0.25) is 0 Å². The van der Waals surface area contributed by atoms with Crippen molar-refractivity contribution in [3.8, 4) is 0 Å². The molecule has 1 aliphatic rings. The van der Waals surface area contributed by atoms with Gasteiger partial charge in [-0.2, -0.15) is 0 Å². The van der Waals surface area contributed by atoms with Gasteiger partial charge in [0.2, 0.25) is 0 Å². The van der Waals surface area contributed by atoms with Crippen molar-refractivity contribution in [2.75, 3.05) is 6.61 Å². The van der Waals surface area contributed by atoms with Crippen molar-refractivity contribution in [2.24, 2.45) is 5.92 Å². The lowest BCUT2D eigenvalue weighted by Gasteiger charge is -2.33. The highest BCUT2D eigenvalue weighted by Crippen LogP contribution is 2.39. The van der Waals surface area contributed by atoms with Crippen molar-refractivity contribution in [1.82, 2.24) is 0 Å². The molecule has 1 nitrogen and oxygen atoms in total. The summed E-state index contributed by atoms with van der Waals surface area (Å²) < 4.78 is 1.10. The topological polar surface area (TPSA) is 20.2 Å². The van der Waals surface area contributed by atoms with Crippen molar-refractivity contribution >= 4 is 15.9 Å². The lowest BCUT2D eigenvalue weighted by Crippen LogP contribution is -2.23. The number of aliphatic hydroxyl groups excluding tert-OH is 1. The van der Waals surface area contributed by atoms with Gasteiger partial charge in [-0.15, -0.1) is 0 Å². The Kier molecular flexibility index (Phi) is 3.24. The van der Waals surface area contributed by atoms with Crippen molar-refractivity contribution < 1.29 is 5.11 Å². The van der Waals surface area contributed by atoms with Crippen LogP contribution in [0, 0.1) is 5.92 Å². The zero-order valence-corrected chi connectivity index (χ0v) is 9.70. The number of benzene rings is 1. The van der Waals surface area contributed by atoms with Crippen LogP contribution in [0.2, 0.25) is 0 Å². The van der Waals surface area contributed by atoms with Crippen molar-refractivity contribution in [3.63, 3.8) is 0 Å². The van der Waals surface area contributed by atoms with Crippen LogP contribution in [0.5, 0.6) is 0 Å². The van der Waals surface area contributed by atoms with E-state index in [4.69, 9.17) is 0 Å². The van der Waals surface area contributed by atoms with E-state index in [1.54, 1.807) is 0 Å². The molecule has 1 aromatic rings. The molecule has 0 aliphatic heterocycles. The third-order valence-corrected chi connectivity index (χ3v) is 3.69. The molecule has 1 fully saturated rings. The van der Waals surface area contributed by atoms with Gasteiger partial charge in [0.15, 0.2) is 0 Å². The molecule has 0 aromatic heterocycles. The molecule has 0 spiro atoms. The summed E-state index contributed by atoms with van der Waals surface area (Å²) in [5.74, 6) is 1.05. The molecule has 76 valence electrons. The van der Waals surface area contributed by atoms with Crippen LogP contribution in [0.1, 0.15) is 30.7 Å². The van der Waals surface area contributed by atoms with Crippen LogP contribution in [0.3, 0.4) is 0 Å². The lowest BCUT2D eigenvalue weighted by molar-refractivity contribution is 0.173. The monoisotopic (exact) mass is 254 g/mol. The zero-order chi connectivity index (χ0) is 9.97. The summed E-state index contributed by atoms with van der Waals surface area (Å²) in [4.78, 5) is 0. The second kappa shape index (κ2) is 4.45. The van der Waals surface area contributed by atoms with Crippen LogP contribution < -0.4 is 0 Å². The summed E-state index contributed by atoms with van der Waals surface area (Å²) in [6.45, 7) is 0.279. The predicted molar refractivity (Wildman–Crippen MR) is 61.3 cm³/mol. The second-order valence-electron chi connectivity index (χ2n) is 4.04. The molecule has 1 aromatic carbocycles. The lowest BCUT2D eigenvalue weighted by atomic mass is 9.73. The van der Waals surface area contributed by atoms with Crippen LogP contribution in [0.25, 0.3) is 0 Å². The van der Waals surface area contributed by atoms with E-state index >= 15 is 0 Å². The quantitative estimate of drug-likeness (QED) is 0.878. The van der Waals surface area contributed by atoms with Gasteiger partial charge in [0, 0.05) is 10.4 Å². The Labute approximate surface area is 93.3 Å². The molecule has 2 heteroatoms. The van der Waals surface area contributed by atoms with E-state index in [2.05, 4.69) is 28.1 Å². The third kappa shape index (κ3) is 2.01. The maximum Gasteiger partial charge on any atom is 0.0502 e. The van der Waals surface area contributed by atoms with Crippen LogP contribution in [-0.4, -0.2) is 11.7 Å². The van der Waals surface area contributed by atoms with Gasteiger partial charge in [0.05, 0.1) is 6.61 Å². The molecule has 1 N–H and O–H groups in total. The number of halogens is 1. The summed E-state index contributed by atoms with van der Waals surface area (Å²) in [6, 6.07) is 8.31. The first-order chi connectivity index (χ1) is 6.81. The molecule has 0 amide bonds. The molecule has 0 radical (unpaired) electrons. The standard InChI is InChI=1S/C12H15BrO/c13-11-6-2-5-10(7-11)12(8-14)9-3-1-4-9/h2,5-7,9,12,14H,1,3-4,8H2. The normalized spacial score (nSPS) is 19.0. The zero-order valence-electron chi connectivity index (χ0n) is 8.12. The first-order valence-corrected chi connectivity index (χ1v) is 5.97. The molecule has 1 unspecified atom stereocenters. The van der Waals surface area contributed by atoms with E-state index in [9.17, 15) is 5.11 Å².